The van der Waals surface area contributed by atoms with Gasteiger partial charge in [0.1, 0.15) is 12.4 Å². The van der Waals surface area contributed by atoms with E-state index in [2.05, 4.69) is 5.32 Å². The summed E-state index contributed by atoms with van der Waals surface area (Å²) in [7, 11) is 1.69. The monoisotopic (exact) mass is 560 g/mol. The predicted octanol–water partition coefficient (Wildman–Crippen LogP) is 8.42. The van der Waals surface area contributed by atoms with Gasteiger partial charge in [0, 0.05) is 35.0 Å². The van der Waals surface area contributed by atoms with E-state index in [1.165, 1.54) is 4.90 Å². The lowest BCUT2D eigenvalue weighted by Gasteiger charge is -2.21. The first-order valence-electron chi connectivity index (χ1n) is 13.2. The van der Waals surface area contributed by atoms with Crippen molar-refractivity contribution in [3.05, 3.63) is 149 Å². The summed E-state index contributed by atoms with van der Waals surface area (Å²) in [6.07, 6.45) is 0. The van der Waals surface area contributed by atoms with Gasteiger partial charge in [0.15, 0.2) is 0 Å². The summed E-state index contributed by atoms with van der Waals surface area (Å²) in [4.78, 5) is 28.1. The van der Waals surface area contributed by atoms with Crippen LogP contribution >= 0.6 is 11.6 Å². The average Bonchev–Trinajstić information content (AvgIpc) is 3.00. The molecule has 41 heavy (non-hydrogen) atoms. The van der Waals surface area contributed by atoms with Gasteiger partial charge in [-0.25, -0.2) is 0 Å². The zero-order chi connectivity index (χ0) is 28.8. The molecule has 0 radical (unpaired) electrons. The number of amides is 2. The first kappa shape index (κ1) is 27.7. The zero-order valence-corrected chi connectivity index (χ0v) is 23.6. The number of carbonyl (C=O) groups is 2. The number of nitrogens with one attached hydrogen (secondary N) is 1. The van der Waals surface area contributed by atoms with Crippen molar-refractivity contribution in [3.63, 3.8) is 0 Å². The summed E-state index contributed by atoms with van der Waals surface area (Å²) in [5, 5.41) is 3.47. The lowest BCUT2D eigenvalue weighted by atomic mass is 9.98. The lowest BCUT2D eigenvalue weighted by Crippen LogP contribution is -2.26. The number of carbonyl (C=O) groups excluding carboxylic acids is 2. The Morgan fingerprint density at radius 1 is 0.805 bits per heavy atom. The van der Waals surface area contributed by atoms with E-state index in [4.69, 9.17) is 16.3 Å². The van der Waals surface area contributed by atoms with Crippen molar-refractivity contribution >= 4 is 34.8 Å². The van der Waals surface area contributed by atoms with E-state index in [1.807, 2.05) is 79.7 Å². The average molecular weight is 561 g/mol. The molecule has 0 atom stereocenters. The van der Waals surface area contributed by atoms with Gasteiger partial charge in [0.2, 0.25) is 0 Å². The van der Waals surface area contributed by atoms with Gasteiger partial charge in [0.25, 0.3) is 11.8 Å². The van der Waals surface area contributed by atoms with Crippen molar-refractivity contribution in [3.8, 4) is 16.9 Å². The number of anilines is 2. The SMILES string of the molecule is Cc1ccc(-c2ccccc2C(=O)Nc2ccc(C(=O)N(C)c3ccc(Cl)cc3OCc3ccccc3)cc2)cc1. The van der Waals surface area contributed by atoms with E-state index >= 15 is 0 Å². The zero-order valence-electron chi connectivity index (χ0n) is 22.8. The standard InChI is InChI=1S/C35H29ClN2O3/c1-24-12-14-26(15-13-24)30-10-6-7-11-31(30)34(39)37-29-19-16-27(17-20-29)35(40)38(2)32-21-18-28(36)22-33(32)41-23-25-8-4-3-5-9-25/h3-22H,23H2,1-2H3,(H,37,39). The van der Waals surface area contributed by atoms with E-state index in [9.17, 15) is 9.59 Å². The van der Waals surface area contributed by atoms with Crippen molar-refractivity contribution in [1.82, 2.24) is 0 Å². The van der Waals surface area contributed by atoms with Crippen molar-refractivity contribution < 1.29 is 14.3 Å². The minimum atomic E-state index is -0.223. The highest BCUT2D eigenvalue weighted by Gasteiger charge is 2.19. The van der Waals surface area contributed by atoms with Crippen LogP contribution in [-0.4, -0.2) is 18.9 Å². The maximum atomic E-state index is 13.4. The van der Waals surface area contributed by atoms with E-state index < -0.39 is 0 Å². The van der Waals surface area contributed by atoms with Crippen molar-refractivity contribution in [1.29, 1.82) is 0 Å². The number of aryl methyl sites for hydroxylation is 1. The molecule has 0 spiro atoms. The number of benzene rings is 5. The molecule has 0 aliphatic rings. The van der Waals surface area contributed by atoms with Crippen LogP contribution in [0.4, 0.5) is 11.4 Å². The minimum absolute atomic E-state index is 0.223. The molecule has 0 aromatic heterocycles. The van der Waals surface area contributed by atoms with Gasteiger partial charge >= 0.3 is 0 Å². The number of rotatable bonds is 8. The molecule has 2 amide bonds. The molecule has 0 saturated carbocycles. The van der Waals surface area contributed by atoms with Crippen LogP contribution in [0.1, 0.15) is 31.8 Å². The normalized spacial score (nSPS) is 10.6. The molecule has 5 aromatic rings. The molecular formula is C35H29ClN2O3. The van der Waals surface area contributed by atoms with Gasteiger partial charge in [-0.15, -0.1) is 0 Å². The van der Waals surface area contributed by atoms with Crippen LogP contribution in [-0.2, 0) is 6.61 Å². The lowest BCUT2D eigenvalue weighted by molar-refractivity contribution is 0.0990. The first-order chi connectivity index (χ1) is 19.9. The van der Waals surface area contributed by atoms with Crippen LogP contribution in [0.3, 0.4) is 0 Å². The number of hydrogen-bond acceptors (Lipinski definition) is 3. The molecule has 5 nitrogen and oxygen atoms in total. The summed E-state index contributed by atoms with van der Waals surface area (Å²) in [5.41, 5.74) is 6.21. The molecule has 0 aliphatic carbocycles. The van der Waals surface area contributed by atoms with Crippen LogP contribution in [0.2, 0.25) is 5.02 Å². The quantitative estimate of drug-likeness (QED) is 0.207. The van der Waals surface area contributed by atoms with E-state index in [-0.39, 0.29) is 11.8 Å². The molecule has 0 unspecified atom stereocenters. The number of nitrogens with zero attached hydrogens (tertiary/aromatic N) is 1. The Bertz CT molecular complexity index is 1670. The maximum Gasteiger partial charge on any atom is 0.258 e. The number of ether oxygens (including phenoxy) is 1. The van der Waals surface area contributed by atoms with Crippen molar-refractivity contribution in [2.75, 3.05) is 17.3 Å². The molecule has 0 heterocycles. The molecule has 0 saturated heterocycles. The molecular weight excluding hydrogens is 532 g/mol. The Hall–Kier alpha value is -4.87. The van der Waals surface area contributed by atoms with Gasteiger partial charge in [-0.1, -0.05) is 90.0 Å². The third-order valence-electron chi connectivity index (χ3n) is 6.75. The highest BCUT2D eigenvalue weighted by atomic mass is 35.5. The largest absolute Gasteiger partial charge is 0.487 e. The molecule has 0 bridgehead atoms. The second-order valence-electron chi connectivity index (χ2n) is 9.69. The van der Waals surface area contributed by atoms with E-state index in [0.717, 1.165) is 22.3 Å². The summed E-state index contributed by atoms with van der Waals surface area (Å²) in [6, 6.07) is 37.4. The van der Waals surface area contributed by atoms with Gasteiger partial charge in [-0.3, -0.25) is 9.59 Å². The topological polar surface area (TPSA) is 58.6 Å². The van der Waals surface area contributed by atoms with Crippen LogP contribution in [0.25, 0.3) is 11.1 Å². The van der Waals surface area contributed by atoms with Crippen molar-refractivity contribution in [2.45, 2.75) is 13.5 Å². The van der Waals surface area contributed by atoms with E-state index in [1.54, 1.807) is 55.6 Å². The Labute approximate surface area is 245 Å². The molecule has 5 rings (SSSR count). The van der Waals surface area contributed by atoms with Crippen LogP contribution < -0.4 is 15.0 Å². The number of hydrogen-bond donors (Lipinski definition) is 1. The van der Waals surface area contributed by atoms with Crippen LogP contribution in [0.5, 0.6) is 5.75 Å². The van der Waals surface area contributed by atoms with Gasteiger partial charge in [0.05, 0.1) is 5.69 Å². The second kappa shape index (κ2) is 12.5. The third kappa shape index (κ3) is 6.65. The van der Waals surface area contributed by atoms with Gasteiger partial charge < -0.3 is 15.0 Å². The van der Waals surface area contributed by atoms with Crippen LogP contribution in [0, 0.1) is 6.92 Å². The molecule has 0 aliphatic heterocycles. The Morgan fingerprint density at radius 3 is 2.22 bits per heavy atom. The minimum Gasteiger partial charge on any atom is -0.487 e. The molecule has 5 aromatic carbocycles. The second-order valence-corrected chi connectivity index (χ2v) is 10.1. The Morgan fingerprint density at radius 2 is 1.49 bits per heavy atom. The van der Waals surface area contributed by atoms with Gasteiger partial charge in [-0.05, 0) is 66.1 Å². The molecule has 204 valence electrons. The summed E-state index contributed by atoms with van der Waals surface area (Å²) in [5.74, 6) is 0.0616. The Kier molecular flexibility index (Phi) is 8.47. The van der Waals surface area contributed by atoms with Crippen molar-refractivity contribution in [2.24, 2.45) is 0 Å². The number of halogens is 1. The van der Waals surface area contributed by atoms with Gasteiger partial charge in [-0.2, -0.15) is 0 Å². The smallest absolute Gasteiger partial charge is 0.258 e. The highest BCUT2D eigenvalue weighted by molar-refractivity contribution is 6.30. The molecule has 1 N–H and O–H groups in total. The fourth-order valence-electron chi connectivity index (χ4n) is 4.48. The first-order valence-corrected chi connectivity index (χ1v) is 13.6. The summed E-state index contributed by atoms with van der Waals surface area (Å²) in [6.45, 7) is 2.38. The summed E-state index contributed by atoms with van der Waals surface area (Å²) >= 11 is 6.24. The highest BCUT2D eigenvalue weighted by Crippen LogP contribution is 2.32. The van der Waals surface area contributed by atoms with Crippen LogP contribution in [0.15, 0.2) is 121 Å². The Balaban J connectivity index is 1.30. The maximum absolute atomic E-state index is 13.4. The third-order valence-corrected chi connectivity index (χ3v) is 6.98. The van der Waals surface area contributed by atoms with E-state index in [0.29, 0.717) is 39.9 Å². The summed E-state index contributed by atoms with van der Waals surface area (Å²) < 4.78 is 6.04. The molecule has 0 fully saturated rings. The predicted molar refractivity (Wildman–Crippen MR) is 166 cm³/mol. The molecule has 6 heteroatoms. The fourth-order valence-corrected chi connectivity index (χ4v) is 4.64. The fraction of sp³-hybridized carbons (Fsp3) is 0.0857.